The first-order valence-corrected chi connectivity index (χ1v) is 7.03. The molecule has 2 rings (SSSR count). The average Bonchev–Trinajstić information content (AvgIpc) is 2.77. The van der Waals surface area contributed by atoms with Crippen molar-refractivity contribution in [1.82, 2.24) is 4.31 Å². The Morgan fingerprint density at radius 3 is 2.82 bits per heavy atom. The first-order chi connectivity index (χ1) is 8.05. The van der Waals surface area contributed by atoms with Crippen molar-refractivity contribution in [2.24, 2.45) is 0 Å². The number of rotatable bonds is 3. The SMILES string of the molecule is Cc1cccc(S(=O)(=O)N2CCCC2C=O)c1. The van der Waals surface area contributed by atoms with Gasteiger partial charge < -0.3 is 4.79 Å². The third-order valence-corrected chi connectivity index (χ3v) is 4.92. The summed E-state index contributed by atoms with van der Waals surface area (Å²) in [5, 5.41) is 0. The van der Waals surface area contributed by atoms with Crippen LogP contribution in [0.25, 0.3) is 0 Å². The molecule has 1 saturated heterocycles. The van der Waals surface area contributed by atoms with E-state index in [2.05, 4.69) is 0 Å². The fourth-order valence-electron chi connectivity index (χ4n) is 2.11. The van der Waals surface area contributed by atoms with E-state index in [9.17, 15) is 13.2 Å². The number of carbonyl (C=O) groups is 1. The third kappa shape index (κ3) is 2.25. The van der Waals surface area contributed by atoms with E-state index in [-0.39, 0.29) is 4.90 Å². The lowest BCUT2D eigenvalue weighted by molar-refractivity contribution is -0.110. The molecular weight excluding hydrogens is 238 g/mol. The predicted octanol–water partition coefficient (Wildman–Crippen LogP) is 1.35. The van der Waals surface area contributed by atoms with E-state index in [1.807, 2.05) is 13.0 Å². The van der Waals surface area contributed by atoms with E-state index in [0.717, 1.165) is 18.3 Å². The number of aryl methyl sites for hydroxylation is 1. The molecule has 4 nitrogen and oxygen atoms in total. The van der Waals surface area contributed by atoms with Crippen molar-refractivity contribution in [3.8, 4) is 0 Å². The largest absolute Gasteiger partial charge is 0.302 e. The number of carbonyl (C=O) groups excluding carboxylic acids is 1. The minimum Gasteiger partial charge on any atom is -0.302 e. The Morgan fingerprint density at radius 2 is 2.18 bits per heavy atom. The zero-order chi connectivity index (χ0) is 12.5. The summed E-state index contributed by atoms with van der Waals surface area (Å²) in [4.78, 5) is 11.1. The molecule has 0 N–H and O–H groups in total. The van der Waals surface area contributed by atoms with Crippen LogP contribution >= 0.6 is 0 Å². The van der Waals surface area contributed by atoms with Gasteiger partial charge in [0.25, 0.3) is 0 Å². The molecule has 0 aliphatic carbocycles. The van der Waals surface area contributed by atoms with Gasteiger partial charge in [-0.1, -0.05) is 12.1 Å². The van der Waals surface area contributed by atoms with E-state index < -0.39 is 16.1 Å². The fraction of sp³-hybridized carbons (Fsp3) is 0.417. The molecule has 1 aromatic rings. The number of sulfonamides is 1. The first-order valence-electron chi connectivity index (χ1n) is 5.59. The summed E-state index contributed by atoms with van der Waals surface area (Å²) in [7, 11) is -3.52. The molecule has 0 saturated carbocycles. The lowest BCUT2D eigenvalue weighted by Gasteiger charge is -2.20. The Labute approximate surface area is 101 Å². The van der Waals surface area contributed by atoms with Gasteiger partial charge in [-0.2, -0.15) is 4.31 Å². The molecular formula is C12H15NO3S. The minimum atomic E-state index is -3.52. The second kappa shape index (κ2) is 4.58. The van der Waals surface area contributed by atoms with Gasteiger partial charge in [-0.25, -0.2) is 8.42 Å². The summed E-state index contributed by atoms with van der Waals surface area (Å²) in [6.07, 6.45) is 2.09. The number of hydrogen-bond donors (Lipinski definition) is 0. The molecule has 1 aromatic carbocycles. The molecule has 1 fully saturated rings. The Kier molecular flexibility index (Phi) is 3.31. The third-order valence-electron chi connectivity index (χ3n) is 3.00. The Hall–Kier alpha value is -1.20. The van der Waals surface area contributed by atoms with Gasteiger partial charge in [0, 0.05) is 6.54 Å². The molecule has 0 radical (unpaired) electrons. The zero-order valence-electron chi connectivity index (χ0n) is 9.67. The Bertz CT molecular complexity index is 524. The molecule has 0 aromatic heterocycles. The molecule has 0 spiro atoms. The summed E-state index contributed by atoms with van der Waals surface area (Å²) < 4.78 is 25.9. The second-order valence-electron chi connectivity index (χ2n) is 4.28. The van der Waals surface area contributed by atoms with Crippen molar-refractivity contribution in [1.29, 1.82) is 0 Å². The van der Waals surface area contributed by atoms with Crippen molar-refractivity contribution in [2.45, 2.75) is 30.7 Å². The minimum absolute atomic E-state index is 0.270. The van der Waals surface area contributed by atoms with Gasteiger partial charge in [0.2, 0.25) is 10.0 Å². The van der Waals surface area contributed by atoms with Crippen LogP contribution < -0.4 is 0 Å². The van der Waals surface area contributed by atoms with E-state index in [0.29, 0.717) is 13.0 Å². The molecule has 1 unspecified atom stereocenters. The van der Waals surface area contributed by atoms with Crippen LogP contribution in [0.3, 0.4) is 0 Å². The van der Waals surface area contributed by atoms with E-state index >= 15 is 0 Å². The quantitative estimate of drug-likeness (QED) is 0.764. The lowest BCUT2D eigenvalue weighted by Crippen LogP contribution is -2.36. The molecule has 1 aliphatic heterocycles. The topological polar surface area (TPSA) is 54.5 Å². The number of aldehydes is 1. The summed E-state index contributed by atoms with van der Waals surface area (Å²) in [5.41, 5.74) is 0.896. The van der Waals surface area contributed by atoms with Gasteiger partial charge in [-0.15, -0.1) is 0 Å². The monoisotopic (exact) mass is 253 g/mol. The maximum atomic E-state index is 12.3. The van der Waals surface area contributed by atoms with Gasteiger partial charge in [-0.3, -0.25) is 0 Å². The summed E-state index contributed by atoms with van der Waals surface area (Å²) >= 11 is 0. The maximum Gasteiger partial charge on any atom is 0.243 e. The molecule has 0 amide bonds. The Morgan fingerprint density at radius 1 is 1.41 bits per heavy atom. The predicted molar refractivity (Wildman–Crippen MR) is 64.2 cm³/mol. The van der Waals surface area contributed by atoms with Crippen molar-refractivity contribution in [3.05, 3.63) is 29.8 Å². The lowest BCUT2D eigenvalue weighted by atomic mass is 10.2. The van der Waals surface area contributed by atoms with Crippen LogP contribution in [-0.2, 0) is 14.8 Å². The van der Waals surface area contributed by atoms with Gasteiger partial charge >= 0.3 is 0 Å². The molecule has 92 valence electrons. The highest BCUT2D eigenvalue weighted by Crippen LogP contribution is 2.25. The highest BCUT2D eigenvalue weighted by atomic mass is 32.2. The van der Waals surface area contributed by atoms with Crippen LogP contribution in [0.2, 0.25) is 0 Å². The average molecular weight is 253 g/mol. The van der Waals surface area contributed by atoms with Crippen molar-refractivity contribution < 1.29 is 13.2 Å². The zero-order valence-corrected chi connectivity index (χ0v) is 10.5. The van der Waals surface area contributed by atoms with Crippen LogP contribution in [0, 0.1) is 6.92 Å². The second-order valence-corrected chi connectivity index (χ2v) is 6.17. The molecule has 17 heavy (non-hydrogen) atoms. The molecule has 0 bridgehead atoms. The van der Waals surface area contributed by atoms with Crippen LogP contribution in [0.5, 0.6) is 0 Å². The van der Waals surface area contributed by atoms with Crippen molar-refractivity contribution in [2.75, 3.05) is 6.54 Å². The number of nitrogens with zero attached hydrogens (tertiary/aromatic N) is 1. The Balaban J connectivity index is 2.39. The normalized spacial score (nSPS) is 21.6. The summed E-state index contributed by atoms with van der Waals surface area (Å²) in [6, 6.07) is 6.27. The summed E-state index contributed by atoms with van der Waals surface area (Å²) in [5.74, 6) is 0. The molecule has 5 heteroatoms. The van der Waals surface area contributed by atoms with E-state index in [1.165, 1.54) is 4.31 Å². The van der Waals surface area contributed by atoms with Crippen LogP contribution in [0.15, 0.2) is 29.2 Å². The highest BCUT2D eigenvalue weighted by Gasteiger charge is 2.34. The maximum absolute atomic E-state index is 12.3. The smallest absolute Gasteiger partial charge is 0.243 e. The first kappa shape index (κ1) is 12.3. The van der Waals surface area contributed by atoms with E-state index in [4.69, 9.17) is 0 Å². The fourth-order valence-corrected chi connectivity index (χ4v) is 3.85. The van der Waals surface area contributed by atoms with Gasteiger partial charge in [0.1, 0.15) is 6.29 Å². The van der Waals surface area contributed by atoms with Crippen LogP contribution in [-0.4, -0.2) is 31.6 Å². The number of benzene rings is 1. The molecule has 1 aliphatic rings. The highest BCUT2D eigenvalue weighted by molar-refractivity contribution is 7.89. The number of hydrogen-bond acceptors (Lipinski definition) is 3. The van der Waals surface area contributed by atoms with Gasteiger partial charge in [0.05, 0.1) is 10.9 Å². The molecule has 1 atom stereocenters. The van der Waals surface area contributed by atoms with Gasteiger partial charge in [0.15, 0.2) is 0 Å². The molecule has 1 heterocycles. The standard InChI is InChI=1S/C12H15NO3S/c1-10-4-2-6-12(8-10)17(15,16)13-7-3-5-11(13)9-14/h2,4,6,8-9,11H,3,5,7H2,1H3. The van der Waals surface area contributed by atoms with Crippen molar-refractivity contribution >= 4 is 16.3 Å². The summed E-state index contributed by atoms with van der Waals surface area (Å²) in [6.45, 7) is 2.28. The van der Waals surface area contributed by atoms with Crippen LogP contribution in [0.1, 0.15) is 18.4 Å². The van der Waals surface area contributed by atoms with Crippen LogP contribution in [0.4, 0.5) is 0 Å². The van der Waals surface area contributed by atoms with E-state index in [1.54, 1.807) is 18.2 Å². The van der Waals surface area contributed by atoms with Gasteiger partial charge in [-0.05, 0) is 37.5 Å². The van der Waals surface area contributed by atoms with Crippen molar-refractivity contribution in [3.63, 3.8) is 0 Å².